The number of nitrogens with one attached hydrogen (secondary N) is 1. The highest BCUT2D eigenvalue weighted by atomic mass is 19.1. The first-order chi connectivity index (χ1) is 8.29. The van der Waals surface area contributed by atoms with Gasteiger partial charge < -0.3 is 10.1 Å². The Labute approximate surface area is 100 Å². The minimum absolute atomic E-state index is 0.108. The van der Waals surface area contributed by atoms with Crippen LogP contribution in [0.15, 0.2) is 18.2 Å². The molecule has 0 bridgehead atoms. The van der Waals surface area contributed by atoms with Crippen molar-refractivity contribution in [2.75, 3.05) is 13.2 Å². The molecule has 0 aliphatic carbocycles. The second-order valence-corrected chi connectivity index (χ2v) is 4.19. The fourth-order valence-corrected chi connectivity index (χ4v) is 1.93. The van der Waals surface area contributed by atoms with Gasteiger partial charge in [-0.3, -0.25) is 0 Å². The lowest BCUT2D eigenvalue weighted by molar-refractivity contribution is 0.0776. The molecule has 1 fully saturated rings. The van der Waals surface area contributed by atoms with Crippen LogP contribution in [0.1, 0.15) is 24.0 Å². The van der Waals surface area contributed by atoms with E-state index in [9.17, 15) is 4.39 Å². The van der Waals surface area contributed by atoms with E-state index in [-0.39, 0.29) is 5.56 Å². The largest absolute Gasteiger partial charge is 0.381 e. The molecule has 0 unspecified atom stereocenters. The van der Waals surface area contributed by atoms with Crippen molar-refractivity contribution in [1.82, 2.24) is 5.32 Å². The second-order valence-electron chi connectivity index (χ2n) is 4.19. The number of hydrogen-bond donors (Lipinski definition) is 1. The van der Waals surface area contributed by atoms with Crippen molar-refractivity contribution >= 4 is 0 Å². The lowest BCUT2D eigenvalue weighted by atomic mass is 10.1. The lowest BCUT2D eigenvalue weighted by Crippen LogP contribution is -2.34. The van der Waals surface area contributed by atoms with Gasteiger partial charge in [-0.25, -0.2) is 4.39 Å². The van der Waals surface area contributed by atoms with Crippen LogP contribution in [-0.4, -0.2) is 19.3 Å². The summed E-state index contributed by atoms with van der Waals surface area (Å²) in [7, 11) is 0. The van der Waals surface area contributed by atoms with Crippen molar-refractivity contribution < 1.29 is 9.13 Å². The Morgan fingerprint density at radius 3 is 2.88 bits per heavy atom. The summed E-state index contributed by atoms with van der Waals surface area (Å²) in [5.74, 6) is -0.456. The van der Waals surface area contributed by atoms with Crippen LogP contribution < -0.4 is 5.32 Å². The predicted octanol–water partition coefficient (Wildman–Crippen LogP) is 1.97. The molecule has 17 heavy (non-hydrogen) atoms. The van der Waals surface area contributed by atoms with Crippen molar-refractivity contribution in [2.45, 2.75) is 25.4 Å². The molecule has 1 saturated heterocycles. The van der Waals surface area contributed by atoms with E-state index in [2.05, 4.69) is 5.32 Å². The van der Waals surface area contributed by atoms with E-state index in [4.69, 9.17) is 10.00 Å². The molecule has 4 heteroatoms. The number of benzene rings is 1. The highest BCUT2D eigenvalue weighted by Crippen LogP contribution is 2.11. The Balaban J connectivity index is 1.92. The summed E-state index contributed by atoms with van der Waals surface area (Å²) in [6, 6.07) is 6.96. The number of halogens is 1. The normalized spacial score (nSPS) is 16.7. The number of hydrogen-bond acceptors (Lipinski definition) is 3. The van der Waals surface area contributed by atoms with E-state index in [1.54, 1.807) is 12.1 Å². The zero-order valence-electron chi connectivity index (χ0n) is 9.58. The number of nitrogens with zero attached hydrogens (tertiary/aromatic N) is 1. The van der Waals surface area contributed by atoms with Gasteiger partial charge in [-0.1, -0.05) is 6.07 Å². The SMILES string of the molecule is N#Cc1cc(CNC2CCOCC2)ccc1F. The van der Waals surface area contributed by atoms with Crippen LogP contribution in [0.2, 0.25) is 0 Å². The maximum atomic E-state index is 13.1. The molecule has 0 aromatic heterocycles. The topological polar surface area (TPSA) is 45.0 Å². The van der Waals surface area contributed by atoms with Crippen LogP contribution >= 0.6 is 0 Å². The molecule has 0 atom stereocenters. The molecule has 1 aromatic rings. The number of nitriles is 1. The van der Waals surface area contributed by atoms with Crippen molar-refractivity contribution in [2.24, 2.45) is 0 Å². The quantitative estimate of drug-likeness (QED) is 0.869. The molecule has 2 rings (SSSR count). The zero-order chi connectivity index (χ0) is 12.1. The van der Waals surface area contributed by atoms with E-state index < -0.39 is 5.82 Å². The van der Waals surface area contributed by atoms with Crippen LogP contribution in [0, 0.1) is 17.1 Å². The fourth-order valence-electron chi connectivity index (χ4n) is 1.93. The van der Waals surface area contributed by atoms with Gasteiger partial charge >= 0.3 is 0 Å². The van der Waals surface area contributed by atoms with Gasteiger partial charge in [0.1, 0.15) is 11.9 Å². The van der Waals surface area contributed by atoms with Crippen molar-refractivity contribution in [3.05, 3.63) is 35.1 Å². The van der Waals surface area contributed by atoms with Gasteiger partial charge in [0.25, 0.3) is 0 Å². The molecule has 3 nitrogen and oxygen atoms in total. The Hall–Kier alpha value is -1.44. The average Bonchev–Trinajstić information content (AvgIpc) is 2.39. The van der Waals surface area contributed by atoms with Gasteiger partial charge in [0.15, 0.2) is 0 Å². The minimum atomic E-state index is -0.456. The van der Waals surface area contributed by atoms with E-state index in [0.29, 0.717) is 12.6 Å². The van der Waals surface area contributed by atoms with Gasteiger partial charge in [0.05, 0.1) is 5.56 Å². The van der Waals surface area contributed by atoms with E-state index in [0.717, 1.165) is 31.6 Å². The Kier molecular flexibility index (Phi) is 4.08. The summed E-state index contributed by atoms with van der Waals surface area (Å²) < 4.78 is 18.4. The van der Waals surface area contributed by atoms with E-state index >= 15 is 0 Å². The maximum absolute atomic E-state index is 13.1. The third-order valence-electron chi connectivity index (χ3n) is 2.97. The van der Waals surface area contributed by atoms with Gasteiger partial charge in [-0.15, -0.1) is 0 Å². The average molecular weight is 234 g/mol. The predicted molar refractivity (Wildman–Crippen MR) is 61.8 cm³/mol. The van der Waals surface area contributed by atoms with Crippen LogP contribution in [0.4, 0.5) is 4.39 Å². The minimum Gasteiger partial charge on any atom is -0.381 e. The summed E-state index contributed by atoms with van der Waals surface area (Å²) in [4.78, 5) is 0. The number of rotatable bonds is 3. The van der Waals surface area contributed by atoms with Gasteiger partial charge in [0.2, 0.25) is 0 Å². The summed E-state index contributed by atoms with van der Waals surface area (Å²) >= 11 is 0. The third kappa shape index (κ3) is 3.26. The Bertz CT molecular complexity index is 422. The van der Waals surface area contributed by atoms with E-state index in [1.807, 2.05) is 6.07 Å². The molecule has 1 aliphatic rings. The molecule has 0 radical (unpaired) electrons. The van der Waals surface area contributed by atoms with Gasteiger partial charge in [-0.2, -0.15) is 5.26 Å². The van der Waals surface area contributed by atoms with Crippen LogP contribution in [0.25, 0.3) is 0 Å². The zero-order valence-corrected chi connectivity index (χ0v) is 9.58. The molecular formula is C13H15FN2O. The fraction of sp³-hybridized carbons (Fsp3) is 0.462. The van der Waals surface area contributed by atoms with E-state index in [1.165, 1.54) is 6.07 Å². The maximum Gasteiger partial charge on any atom is 0.140 e. The highest BCUT2D eigenvalue weighted by molar-refractivity contribution is 5.34. The Morgan fingerprint density at radius 2 is 2.18 bits per heavy atom. The van der Waals surface area contributed by atoms with Crippen molar-refractivity contribution in [3.8, 4) is 6.07 Å². The Morgan fingerprint density at radius 1 is 1.41 bits per heavy atom. The summed E-state index contributed by atoms with van der Waals surface area (Å²) in [6.45, 7) is 2.26. The second kappa shape index (κ2) is 5.76. The van der Waals surface area contributed by atoms with Crippen LogP contribution in [0.5, 0.6) is 0 Å². The summed E-state index contributed by atoms with van der Waals surface area (Å²) in [6.07, 6.45) is 2.01. The molecule has 1 aromatic carbocycles. The molecule has 1 N–H and O–H groups in total. The standard InChI is InChI=1S/C13H15FN2O/c14-13-2-1-10(7-11(13)8-15)9-16-12-3-5-17-6-4-12/h1-2,7,12,16H,3-6,9H2. The molecular weight excluding hydrogens is 219 g/mol. The van der Waals surface area contributed by atoms with Crippen LogP contribution in [-0.2, 0) is 11.3 Å². The molecule has 0 spiro atoms. The first-order valence-electron chi connectivity index (χ1n) is 5.79. The molecule has 1 aliphatic heterocycles. The first-order valence-corrected chi connectivity index (χ1v) is 5.79. The monoisotopic (exact) mass is 234 g/mol. The molecule has 1 heterocycles. The van der Waals surface area contributed by atoms with Crippen molar-refractivity contribution in [1.29, 1.82) is 5.26 Å². The van der Waals surface area contributed by atoms with Gasteiger partial charge in [0, 0.05) is 25.8 Å². The lowest BCUT2D eigenvalue weighted by Gasteiger charge is -2.23. The molecule has 0 saturated carbocycles. The smallest absolute Gasteiger partial charge is 0.140 e. The van der Waals surface area contributed by atoms with Crippen LogP contribution in [0.3, 0.4) is 0 Å². The van der Waals surface area contributed by atoms with Gasteiger partial charge in [-0.05, 0) is 30.5 Å². The summed E-state index contributed by atoms with van der Waals surface area (Å²) in [5.41, 5.74) is 1.05. The number of ether oxygens (including phenoxy) is 1. The third-order valence-corrected chi connectivity index (χ3v) is 2.97. The summed E-state index contributed by atoms with van der Waals surface area (Å²) in [5, 5.41) is 12.1. The highest BCUT2D eigenvalue weighted by Gasteiger charge is 2.13. The first kappa shape index (κ1) is 12.0. The van der Waals surface area contributed by atoms with Crippen molar-refractivity contribution in [3.63, 3.8) is 0 Å². The molecule has 0 amide bonds. The molecule has 90 valence electrons.